The minimum atomic E-state index is 0. The first-order valence-electron chi connectivity index (χ1n) is 7.21. The number of benzene rings is 1. The summed E-state index contributed by atoms with van der Waals surface area (Å²) in [4.78, 5) is 15.6. The Morgan fingerprint density at radius 3 is 2.76 bits per heavy atom. The highest BCUT2D eigenvalue weighted by molar-refractivity contribution is 8.00. The molecule has 0 saturated carbocycles. The third-order valence-corrected chi connectivity index (χ3v) is 5.15. The maximum Gasteiger partial charge on any atom is 0.233 e. The number of nitrogens with two attached hydrogens (primary N) is 1. The zero-order valence-electron chi connectivity index (χ0n) is 13.0. The van der Waals surface area contributed by atoms with Gasteiger partial charge in [0.1, 0.15) is 0 Å². The molecule has 0 radical (unpaired) electrons. The fraction of sp³-hybridized carbons (Fsp3) is 0.562. The van der Waals surface area contributed by atoms with Crippen molar-refractivity contribution in [2.24, 2.45) is 11.7 Å². The summed E-state index contributed by atoms with van der Waals surface area (Å²) in [6, 6.07) is 6.71. The van der Waals surface area contributed by atoms with Gasteiger partial charge in [-0.1, -0.05) is 17.7 Å². The molecule has 1 saturated heterocycles. The summed E-state index contributed by atoms with van der Waals surface area (Å²) in [6.45, 7) is 7.80. The summed E-state index contributed by atoms with van der Waals surface area (Å²) in [5.41, 5.74) is 8.19. The predicted octanol–water partition coefficient (Wildman–Crippen LogP) is 3.01. The van der Waals surface area contributed by atoms with Gasteiger partial charge in [-0.2, -0.15) is 0 Å². The van der Waals surface area contributed by atoms with E-state index in [0.717, 1.165) is 13.0 Å². The molecule has 118 valence electrons. The summed E-state index contributed by atoms with van der Waals surface area (Å²) < 4.78 is 0. The molecule has 3 nitrogen and oxygen atoms in total. The molecule has 1 aliphatic heterocycles. The lowest BCUT2D eigenvalue weighted by molar-refractivity contribution is -0.128. The molecular weight excluding hydrogens is 304 g/mol. The molecule has 0 aliphatic carbocycles. The monoisotopic (exact) mass is 328 g/mol. The maximum absolute atomic E-state index is 12.4. The van der Waals surface area contributed by atoms with Crippen LogP contribution >= 0.6 is 24.2 Å². The van der Waals surface area contributed by atoms with E-state index in [9.17, 15) is 4.79 Å². The van der Waals surface area contributed by atoms with Gasteiger partial charge in [-0.25, -0.2) is 0 Å². The van der Waals surface area contributed by atoms with Crippen molar-refractivity contribution in [3.63, 3.8) is 0 Å². The van der Waals surface area contributed by atoms with Crippen molar-refractivity contribution in [2.75, 3.05) is 18.8 Å². The number of amides is 1. The molecule has 1 amide bonds. The molecule has 2 unspecified atom stereocenters. The van der Waals surface area contributed by atoms with Crippen LogP contribution in [0.3, 0.4) is 0 Å². The Morgan fingerprint density at radius 2 is 2.14 bits per heavy atom. The Bertz CT molecular complexity index is 495. The number of nitrogens with zero attached hydrogens (tertiary/aromatic N) is 1. The average molecular weight is 329 g/mol. The molecule has 0 spiro atoms. The number of aryl methyl sites for hydroxylation is 2. The van der Waals surface area contributed by atoms with E-state index in [4.69, 9.17) is 5.73 Å². The fourth-order valence-corrected chi connectivity index (χ4v) is 3.76. The summed E-state index contributed by atoms with van der Waals surface area (Å²) >= 11 is 1.64. The second-order valence-corrected chi connectivity index (χ2v) is 6.81. The minimum Gasteiger partial charge on any atom is -0.339 e. The fourth-order valence-electron chi connectivity index (χ4n) is 2.75. The Hall–Kier alpha value is -0.710. The molecule has 1 aromatic rings. The molecule has 2 rings (SSSR count). The standard InChI is InChI=1S/C16H24N2OS.ClH/c1-11-4-5-12(2)15(6-11)20-10-16(19)18-9-14(8-17)7-13(18)3;/h4-6,13-14H,7-10,17H2,1-3H3;1H. The van der Waals surface area contributed by atoms with Crippen LogP contribution in [-0.2, 0) is 4.79 Å². The van der Waals surface area contributed by atoms with Crippen molar-refractivity contribution < 1.29 is 4.79 Å². The van der Waals surface area contributed by atoms with Gasteiger partial charge in [0.25, 0.3) is 0 Å². The molecule has 0 bridgehead atoms. The zero-order chi connectivity index (χ0) is 14.7. The second kappa shape index (κ2) is 8.06. The molecule has 2 N–H and O–H groups in total. The van der Waals surface area contributed by atoms with E-state index in [-0.39, 0.29) is 18.3 Å². The predicted molar refractivity (Wildman–Crippen MR) is 92.2 cm³/mol. The first-order chi connectivity index (χ1) is 9.51. The van der Waals surface area contributed by atoms with Crippen LogP contribution in [0.15, 0.2) is 23.1 Å². The SMILES string of the molecule is Cc1ccc(C)c(SCC(=O)N2CC(CN)CC2C)c1.Cl. The first kappa shape index (κ1) is 18.3. The number of rotatable bonds is 4. The van der Waals surface area contributed by atoms with E-state index in [1.807, 2.05) is 4.90 Å². The molecule has 1 fully saturated rings. The van der Waals surface area contributed by atoms with E-state index >= 15 is 0 Å². The van der Waals surface area contributed by atoms with Crippen molar-refractivity contribution in [3.05, 3.63) is 29.3 Å². The molecule has 1 aliphatic rings. The van der Waals surface area contributed by atoms with Gasteiger partial charge in [-0.15, -0.1) is 24.2 Å². The Balaban J connectivity index is 0.00000220. The maximum atomic E-state index is 12.4. The van der Waals surface area contributed by atoms with Crippen LogP contribution < -0.4 is 5.73 Å². The molecule has 1 aromatic carbocycles. The van der Waals surface area contributed by atoms with Crippen LogP contribution in [0.1, 0.15) is 24.5 Å². The number of carbonyl (C=O) groups excluding carboxylic acids is 1. The summed E-state index contributed by atoms with van der Waals surface area (Å²) in [5.74, 6) is 1.23. The lowest BCUT2D eigenvalue weighted by Gasteiger charge is -2.21. The van der Waals surface area contributed by atoms with Gasteiger partial charge in [-0.3, -0.25) is 4.79 Å². The van der Waals surface area contributed by atoms with Crippen LogP contribution in [0.5, 0.6) is 0 Å². The van der Waals surface area contributed by atoms with Crippen molar-refractivity contribution in [1.82, 2.24) is 4.90 Å². The van der Waals surface area contributed by atoms with Gasteiger partial charge in [0.15, 0.2) is 0 Å². The van der Waals surface area contributed by atoms with Gasteiger partial charge in [0.2, 0.25) is 5.91 Å². The van der Waals surface area contributed by atoms with Gasteiger partial charge >= 0.3 is 0 Å². The van der Waals surface area contributed by atoms with Gasteiger partial charge < -0.3 is 10.6 Å². The van der Waals surface area contributed by atoms with E-state index in [0.29, 0.717) is 24.3 Å². The first-order valence-corrected chi connectivity index (χ1v) is 8.19. The van der Waals surface area contributed by atoms with E-state index in [1.54, 1.807) is 11.8 Å². The lowest BCUT2D eigenvalue weighted by Crippen LogP contribution is -2.35. The summed E-state index contributed by atoms with van der Waals surface area (Å²) in [7, 11) is 0. The van der Waals surface area contributed by atoms with E-state index < -0.39 is 0 Å². The van der Waals surface area contributed by atoms with Crippen LogP contribution in [0, 0.1) is 19.8 Å². The summed E-state index contributed by atoms with van der Waals surface area (Å²) in [6.07, 6.45) is 1.04. The number of likely N-dealkylation sites (tertiary alicyclic amines) is 1. The Kier molecular flexibility index (Phi) is 7.04. The topological polar surface area (TPSA) is 46.3 Å². The smallest absolute Gasteiger partial charge is 0.233 e. The highest BCUT2D eigenvalue weighted by atomic mass is 35.5. The van der Waals surface area contributed by atoms with Crippen molar-refractivity contribution in [2.45, 2.75) is 38.1 Å². The molecular formula is C16H25ClN2OS. The quantitative estimate of drug-likeness (QED) is 0.864. The van der Waals surface area contributed by atoms with Crippen molar-refractivity contribution in [1.29, 1.82) is 0 Å². The van der Waals surface area contributed by atoms with Crippen molar-refractivity contribution >= 4 is 30.1 Å². The third kappa shape index (κ3) is 4.63. The van der Waals surface area contributed by atoms with Gasteiger partial charge in [0.05, 0.1) is 5.75 Å². The van der Waals surface area contributed by atoms with Gasteiger partial charge in [0, 0.05) is 17.5 Å². The summed E-state index contributed by atoms with van der Waals surface area (Å²) in [5, 5.41) is 0. The highest BCUT2D eigenvalue weighted by Gasteiger charge is 2.31. The van der Waals surface area contributed by atoms with E-state index in [1.165, 1.54) is 16.0 Å². The third-order valence-electron chi connectivity index (χ3n) is 4.01. The van der Waals surface area contributed by atoms with Crippen molar-refractivity contribution in [3.8, 4) is 0 Å². The number of hydrogen-bond donors (Lipinski definition) is 1. The highest BCUT2D eigenvalue weighted by Crippen LogP contribution is 2.27. The minimum absolute atomic E-state index is 0. The second-order valence-electron chi connectivity index (χ2n) is 5.79. The number of hydrogen-bond acceptors (Lipinski definition) is 3. The number of halogens is 1. The average Bonchev–Trinajstić information content (AvgIpc) is 2.81. The molecule has 2 atom stereocenters. The molecule has 21 heavy (non-hydrogen) atoms. The molecule has 1 heterocycles. The van der Waals surface area contributed by atoms with Gasteiger partial charge in [-0.05, 0) is 51.3 Å². The largest absolute Gasteiger partial charge is 0.339 e. The van der Waals surface area contributed by atoms with Crippen LogP contribution in [-0.4, -0.2) is 35.7 Å². The Labute approximate surface area is 138 Å². The molecule has 5 heteroatoms. The van der Waals surface area contributed by atoms with E-state index in [2.05, 4.69) is 39.0 Å². The number of carbonyl (C=O) groups is 1. The molecule has 0 aromatic heterocycles. The van der Waals surface area contributed by atoms with Crippen LogP contribution in [0.4, 0.5) is 0 Å². The lowest BCUT2D eigenvalue weighted by atomic mass is 10.1. The number of thioether (sulfide) groups is 1. The van der Waals surface area contributed by atoms with Crippen LogP contribution in [0.25, 0.3) is 0 Å². The Morgan fingerprint density at radius 1 is 1.43 bits per heavy atom. The van der Waals surface area contributed by atoms with Crippen LogP contribution in [0.2, 0.25) is 0 Å². The zero-order valence-corrected chi connectivity index (χ0v) is 14.6. The normalized spacial score (nSPS) is 21.2.